The topological polar surface area (TPSA) is 69.6 Å². The van der Waals surface area contributed by atoms with Crippen molar-refractivity contribution in [3.63, 3.8) is 0 Å². The molecule has 0 radical (unpaired) electrons. The van der Waals surface area contributed by atoms with Crippen LogP contribution in [-0.2, 0) is 0 Å². The zero-order valence-electron chi connectivity index (χ0n) is 8.80. The number of carbonyl (C=O) groups is 1. The summed E-state index contributed by atoms with van der Waals surface area (Å²) in [4.78, 5) is 12.4. The number of carbonyl (C=O) groups excluding carboxylic acids is 1. The standard InChI is InChI=1S/C11H15NO3S/c13-6-7-4-8(5-9(7)14)12-11(15)10-2-1-3-16-10/h1-3,7-9,13-14H,4-6H2,(H,12,15)/t7-,8-,9-/m1/s1. The van der Waals surface area contributed by atoms with E-state index in [4.69, 9.17) is 5.11 Å². The minimum atomic E-state index is -0.501. The van der Waals surface area contributed by atoms with Crippen LogP contribution < -0.4 is 5.32 Å². The molecule has 2 rings (SSSR count). The van der Waals surface area contributed by atoms with E-state index in [0.29, 0.717) is 17.7 Å². The molecule has 88 valence electrons. The smallest absolute Gasteiger partial charge is 0.261 e. The quantitative estimate of drug-likeness (QED) is 0.726. The number of aliphatic hydroxyl groups is 2. The molecule has 0 bridgehead atoms. The Morgan fingerprint density at radius 2 is 2.38 bits per heavy atom. The zero-order chi connectivity index (χ0) is 11.5. The lowest BCUT2D eigenvalue weighted by Crippen LogP contribution is -2.32. The summed E-state index contributed by atoms with van der Waals surface area (Å²) < 4.78 is 0. The van der Waals surface area contributed by atoms with E-state index in [0.717, 1.165) is 0 Å². The van der Waals surface area contributed by atoms with Crippen LogP contribution in [0.5, 0.6) is 0 Å². The minimum absolute atomic E-state index is 0.0213. The fourth-order valence-corrected chi connectivity index (χ4v) is 2.71. The fourth-order valence-electron chi connectivity index (χ4n) is 2.08. The first-order chi connectivity index (χ1) is 7.70. The van der Waals surface area contributed by atoms with Gasteiger partial charge in [-0.3, -0.25) is 4.79 Å². The van der Waals surface area contributed by atoms with Gasteiger partial charge in [-0.25, -0.2) is 0 Å². The summed E-state index contributed by atoms with van der Waals surface area (Å²) in [6, 6.07) is 3.58. The van der Waals surface area contributed by atoms with Crippen molar-refractivity contribution in [1.82, 2.24) is 5.32 Å². The largest absolute Gasteiger partial charge is 0.396 e. The van der Waals surface area contributed by atoms with Crippen molar-refractivity contribution < 1.29 is 15.0 Å². The van der Waals surface area contributed by atoms with Gasteiger partial charge in [-0.05, 0) is 24.3 Å². The number of thiophene rings is 1. The Labute approximate surface area is 97.9 Å². The van der Waals surface area contributed by atoms with Crippen molar-refractivity contribution in [2.75, 3.05) is 6.61 Å². The third-order valence-corrected chi connectivity index (χ3v) is 3.84. The SMILES string of the molecule is O=C(N[C@@H]1C[C@H](CO)[C@H](O)C1)c1cccs1. The van der Waals surface area contributed by atoms with E-state index in [2.05, 4.69) is 5.32 Å². The molecule has 1 aromatic heterocycles. The lowest BCUT2D eigenvalue weighted by Gasteiger charge is -2.11. The number of nitrogens with one attached hydrogen (secondary N) is 1. The van der Waals surface area contributed by atoms with Crippen LogP contribution in [0.25, 0.3) is 0 Å². The van der Waals surface area contributed by atoms with Gasteiger partial charge >= 0.3 is 0 Å². The average molecular weight is 241 g/mol. The summed E-state index contributed by atoms with van der Waals surface area (Å²) in [5.41, 5.74) is 0. The van der Waals surface area contributed by atoms with Gasteiger partial charge in [0, 0.05) is 18.6 Å². The van der Waals surface area contributed by atoms with Gasteiger partial charge < -0.3 is 15.5 Å². The van der Waals surface area contributed by atoms with E-state index in [-0.39, 0.29) is 24.5 Å². The maximum atomic E-state index is 11.7. The highest BCUT2D eigenvalue weighted by Gasteiger charge is 2.33. The fraction of sp³-hybridized carbons (Fsp3) is 0.545. The number of aliphatic hydroxyl groups excluding tert-OH is 2. The molecule has 3 N–H and O–H groups in total. The Kier molecular flexibility index (Phi) is 3.58. The van der Waals surface area contributed by atoms with Gasteiger partial charge in [-0.15, -0.1) is 11.3 Å². The van der Waals surface area contributed by atoms with Crippen molar-refractivity contribution in [2.45, 2.75) is 25.0 Å². The van der Waals surface area contributed by atoms with Crippen LogP contribution in [0, 0.1) is 5.92 Å². The number of hydrogen-bond donors (Lipinski definition) is 3. The first-order valence-electron chi connectivity index (χ1n) is 5.34. The first-order valence-corrected chi connectivity index (χ1v) is 6.22. The maximum absolute atomic E-state index is 11.7. The van der Waals surface area contributed by atoms with Gasteiger partial charge in [-0.2, -0.15) is 0 Å². The van der Waals surface area contributed by atoms with Crippen LogP contribution in [0.4, 0.5) is 0 Å². The van der Waals surface area contributed by atoms with Crippen molar-refractivity contribution in [3.05, 3.63) is 22.4 Å². The summed E-state index contributed by atoms with van der Waals surface area (Å²) in [5.74, 6) is -0.195. The van der Waals surface area contributed by atoms with Crippen molar-refractivity contribution in [1.29, 1.82) is 0 Å². The summed E-state index contributed by atoms with van der Waals surface area (Å²) in [7, 11) is 0. The van der Waals surface area contributed by atoms with Gasteiger partial charge in [0.15, 0.2) is 0 Å². The first kappa shape index (κ1) is 11.6. The lowest BCUT2D eigenvalue weighted by atomic mass is 10.1. The minimum Gasteiger partial charge on any atom is -0.396 e. The maximum Gasteiger partial charge on any atom is 0.261 e. The molecule has 4 nitrogen and oxygen atoms in total. The molecule has 0 unspecified atom stereocenters. The Balaban J connectivity index is 1.90. The van der Waals surface area contributed by atoms with Gasteiger partial charge in [0.05, 0.1) is 11.0 Å². The molecular formula is C11H15NO3S. The molecule has 1 fully saturated rings. The van der Waals surface area contributed by atoms with E-state index >= 15 is 0 Å². The molecule has 1 aromatic rings. The van der Waals surface area contributed by atoms with Crippen LogP contribution in [0.1, 0.15) is 22.5 Å². The van der Waals surface area contributed by atoms with E-state index in [1.165, 1.54) is 11.3 Å². The van der Waals surface area contributed by atoms with Crippen molar-refractivity contribution in [3.8, 4) is 0 Å². The number of rotatable bonds is 3. The molecular weight excluding hydrogens is 226 g/mol. The van der Waals surface area contributed by atoms with E-state index in [1.807, 2.05) is 11.4 Å². The van der Waals surface area contributed by atoms with E-state index < -0.39 is 6.10 Å². The Morgan fingerprint density at radius 3 is 2.94 bits per heavy atom. The highest BCUT2D eigenvalue weighted by Crippen LogP contribution is 2.26. The van der Waals surface area contributed by atoms with Crippen LogP contribution in [0.3, 0.4) is 0 Å². The molecule has 0 saturated heterocycles. The third kappa shape index (κ3) is 2.42. The average Bonchev–Trinajstić information content (AvgIpc) is 2.87. The van der Waals surface area contributed by atoms with Gasteiger partial charge in [-0.1, -0.05) is 6.07 Å². The van der Waals surface area contributed by atoms with E-state index in [1.54, 1.807) is 6.07 Å². The molecule has 0 aliphatic heterocycles. The zero-order valence-corrected chi connectivity index (χ0v) is 9.61. The normalized spacial score (nSPS) is 29.2. The summed E-state index contributed by atoms with van der Waals surface area (Å²) in [5, 5.41) is 23.3. The highest BCUT2D eigenvalue weighted by molar-refractivity contribution is 7.12. The molecule has 1 heterocycles. The molecule has 0 aromatic carbocycles. The molecule has 1 amide bonds. The molecule has 0 spiro atoms. The van der Waals surface area contributed by atoms with Crippen molar-refractivity contribution >= 4 is 17.2 Å². The summed E-state index contributed by atoms with van der Waals surface area (Å²) >= 11 is 1.40. The Hall–Kier alpha value is -0.910. The molecule has 3 atom stereocenters. The Morgan fingerprint density at radius 1 is 1.56 bits per heavy atom. The second-order valence-electron chi connectivity index (χ2n) is 4.13. The molecule has 1 aliphatic carbocycles. The van der Waals surface area contributed by atoms with Gasteiger partial charge in [0.1, 0.15) is 0 Å². The van der Waals surface area contributed by atoms with Gasteiger partial charge in [0.2, 0.25) is 0 Å². The van der Waals surface area contributed by atoms with Crippen molar-refractivity contribution in [2.24, 2.45) is 5.92 Å². The molecule has 1 aliphatic rings. The lowest BCUT2D eigenvalue weighted by molar-refractivity contribution is 0.0904. The second-order valence-corrected chi connectivity index (χ2v) is 5.08. The monoisotopic (exact) mass is 241 g/mol. The Bertz CT molecular complexity index is 352. The highest BCUT2D eigenvalue weighted by atomic mass is 32.1. The third-order valence-electron chi connectivity index (χ3n) is 2.97. The van der Waals surface area contributed by atoms with Crippen LogP contribution in [-0.4, -0.2) is 34.9 Å². The van der Waals surface area contributed by atoms with Gasteiger partial charge in [0.25, 0.3) is 5.91 Å². The van der Waals surface area contributed by atoms with Crippen LogP contribution >= 0.6 is 11.3 Å². The molecule has 5 heteroatoms. The number of amides is 1. The van der Waals surface area contributed by atoms with Crippen LogP contribution in [0.15, 0.2) is 17.5 Å². The van der Waals surface area contributed by atoms with Crippen LogP contribution in [0.2, 0.25) is 0 Å². The van der Waals surface area contributed by atoms with E-state index in [9.17, 15) is 9.90 Å². The number of hydrogen-bond acceptors (Lipinski definition) is 4. The second kappa shape index (κ2) is 4.95. The summed E-state index contributed by atoms with van der Waals surface area (Å²) in [6.45, 7) is -0.0213. The molecule has 16 heavy (non-hydrogen) atoms. The predicted molar refractivity (Wildman–Crippen MR) is 61.4 cm³/mol. The molecule has 1 saturated carbocycles. The predicted octanol–water partition coefficient (Wildman–Crippen LogP) is 0.610. The summed E-state index contributed by atoms with van der Waals surface area (Å²) in [6.07, 6.45) is 0.676.